The molecule has 0 saturated carbocycles. The zero-order chi connectivity index (χ0) is 24.6. The lowest BCUT2D eigenvalue weighted by atomic mass is 10.0. The normalized spacial score (nSPS) is 18.5. The van der Waals surface area contributed by atoms with Gasteiger partial charge >= 0.3 is 24.4 Å². The second-order valence-corrected chi connectivity index (χ2v) is 6.69. The minimum Gasteiger partial charge on any atom is -0.464 e. The number of aromatic nitrogens is 2. The van der Waals surface area contributed by atoms with Crippen LogP contribution in [0.1, 0.15) is 22.3 Å². The van der Waals surface area contributed by atoms with E-state index < -0.39 is 57.9 Å². The highest BCUT2D eigenvalue weighted by Crippen LogP contribution is 2.42. The number of carbonyl (C=O) groups is 2. The number of rotatable bonds is 4. The average Bonchev–Trinajstić information content (AvgIpc) is 3.12. The van der Waals surface area contributed by atoms with Crippen LogP contribution in [-0.2, 0) is 28.4 Å². The fraction of sp³-hybridized carbons (Fsp3) is 0.222. The van der Waals surface area contributed by atoms with Gasteiger partial charge in [0.1, 0.15) is 12.9 Å². The average molecular weight is 475 g/mol. The van der Waals surface area contributed by atoms with E-state index in [1.54, 1.807) is 0 Å². The molecule has 1 aromatic heterocycles. The number of primary amides is 1. The van der Waals surface area contributed by atoms with Crippen LogP contribution in [-0.4, -0.2) is 33.7 Å². The molecule has 0 fully saturated rings. The lowest BCUT2D eigenvalue weighted by Gasteiger charge is -2.25. The van der Waals surface area contributed by atoms with E-state index in [1.165, 1.54) is 0 Å². The van der Waals surface area contributed by atoms with Gasteiger partial charge in [0.15, 0.2) is 0 Å². The van der Waals surface area contributed by atoms with Gasteiger partial charge in [-0.25, -0.2) is 19.6 Å². The lowest BCUT2D eigenvalue weighted by Crippen LogP contribution is -2.48. The number of amides is 2. The maximum atomic E-state index is 13.3. The predicted molar refractivity (Wildman–Crippen MR) is 95.8 cm³/mol. The number of carbonyl (C=O) groups excluding carboxylic acids is 2. The Morgan fingerprint density at radius 1 is 1.00 bits per heavy atom. The van der Waals surface area contributed by atoms with Gasteiger partial charge in [-0.15, -0.1) is 0 Å². The molecule has 1 aromatic carbocycles. The fourth-order valence-electron chi connectivity index (χ4n) is 3.11. The zero-order valence-corrected chi connectivity index (χ0v) is 16.5. The predicted octanol–water partition coefficient (Wildman–Crippen LogP) is 3.83. The third-order valence-electron chi connectivity index (χ3n) is 4.53. The van der Waals surface area contributed by atoms with Gasteiger partial charge in [0.25, 0.3) is 0 Å². The number of quaternary nitrogens is 1. The van der Waals surface area contributed by atoms with Crippen molar-refractivity contribution in [3.63, 3.8) is 0 Å². The van der Waals surface area contributed by atoms with Crippen LogP contribution >= 0.6 is 0 Å². The molecule has 15 heteroatoms. The number of benzene rings is 1. The van der Waals surface area contributed by atoms with Gasteiger partial charge in [-0.2, -0.15) is 26.3 Å². The molecule has 1 unspecified atom stereocenters. The molecule has 0 spiro atoms. The van der Waals surface area contributed by atoms with E-state index >= 15 is 0 Å². The highest BCUT2D eigenvalue weighted by Gasteiger charge is 2.51. The first-order chi connectivity index (χ1) is 15.3. The molecule has 2 heterocycles. The Hall–Kier alpha value is -3.88. The van der Waals surface area contributed by atoms with E-state index in [0.29, 0.717) is 12.1 Å². The molecular formula is C18H13F6N6O3+. The van der Waals surface area contributed by atoms with Gasteiger partial charge in [-0.1, -0.05) is 9.71 Å². The monoisotopic (exact) mass is 475 g/mol. The summed E-state index contributed by atoms with van der Waals surface area (Å²) in [7, 11) is 0.990. The molecule has 9 nitrogen and oxygen atoms in total. The standard InChI is InChI=1S/C18H12F6N6O3/c1-33-15(31)13-14(10-5-26-8-27-6-10)30(16(25)32,29-28-13)7-9-2-11(17(19,20)21)4-12(3-9)18(22,23)24/h2-6,8H,7H2,1H3,(H-,25,32)/p+1. The Bertz CT molecular complexity index is 1130. The van der Waals surface area contributed by atoms with Gasteiger partial charge < -0.3 is 10.5 Å². The SMILES string of the molecule is COC(=O)C1=C(c2cncnc2)[N+](Cc2cc(C(F)(F)F)cc(C(F)(F)F)c2)(C(N)=O)N=N1. The maximum absolute atomic E-state index is 13.3. The number of urea groups is 1. The number of hydrogen-bond acceptors (Lipinski definition) is 7. The van der Waals surface area contributed by atoms with E-state index in [2.05, 4.69) is 25.0 Å². The number of nitrogens with zero attached hydrogens (tertiary/aromatic N) is 5. The van der Waals surface area contributed by atoms with Crippen molar-refractivity contribution in [3.8, 4) is 0 Å². The Labute approximate surface area is 180 Å². The van der Waals surface area contributed by atoms with E-state index in [0.717, 1.165) is 25.8 Å². The summed E-state index contributed by atoms with van der Waals surface area (Å²) in [5, 5.41) is 7.23. The highest BCUT2D eigenvalue weighted by atomic mass is 19.4. The van der Waals surface area contributed by atoms with Crippen LogP contribution in [0.4, 0.5) is 31.1 Å². The molecule has 1 atom stereocenters. The third-order valence-corrected chi connectivity index (χ3v) is 4.53. The summed E-state index contributed by atoms with van der Waals surface area (Å²) in [6, 6.07) is -0.570. The van der Waals surface area contributed by atoms with Crippen LogP contribution in [0.25, 0.3) is 5.70 Å². The van der Waals surface area contributed by atoms with Gasteiger partial charge in [-0.3, -0.25) is 0 Å². The van der Waals surface area contributed by atoms with Crippen molar-refractivity contribution in [2.75, 3.05) is 7.11 Å². The minimum absolute atomic E-state index is 0.0373. The number of halogens is 6. The number of methoxy groups -OCH3 is 1. The molecule has 0 bridgehead atoms. The van der Waals surface area contributed by atoms with Crippen molar-refractivity contribution < 1.29 is 45.3 Å². The molecule has 0 aliphatic carbocycles. The summed E-state index contributed by atoms with van der Waals surface area (Å²) in [5.74, 6) is -1.08. The summed E-state index contributed by atoms with van der Waals surface area (Å²) in [6.07, 6.45) is -6.88. The zero-order valence-electron chi connectivity index (χ0n) is 16.5. The number of alkyl halides is 6. The highest BCUT2D eigenvalue weighted by molar-refractivity contribution is 5.97. The summed E-state index contributed by atoms with van der Waals surface area (Å²) in [6.45, 7) is -0.934. The molecule has 2 N–H and O–H groups in total. The summed E-state index contributed by atoms with van der Waals surface area (Å²) < 4.78 is 82.7. The molecule has 3 rings (SSSR count). The molecule has 2 amide bonds. The van der Waals surface area contributed by atoms with Gasteiger partial charge in [0, 0.05) is 23.2 Å². The molecule has 2 aromatic rings. The van der Waals surface area contributed by atoms with Crippen molar-refractivity contribution in [1.82, 2.24) is 9.97 Å². The van der Waals surface area contributed by atoms with Crippen molar-refractivity contribution in [2.24, 2.45) is 16.1 Å². The Kier molecular flexibility index (Phi) is 5.93. The molecule has 0 saturated heterocycles. The van der Waals surface area contributed by atoms with Gasteiger partial charge in [0.2, 0.25) is 11.4 Å². The number of nitrogens with two attached hydrogens (primary N) is 1. The Morgan fingerprint density at radius 3 is 2.00 bits per heavy atom. The van der Waals surface area contributed by atoms with Gasteiger partial charge in [-0.05, 0) is 18.2 Å². The lowest BCUT2D eigenvalue weighted by molar-refractivity contribution is -0.799. The maximum Gasteiger partial charge on any atom is 0.447 e. The van der Waals surface area contributed by atoms with Crippen LogP contribution in [0.15, 0.2) is 53.0 Å². The van der Waals surface area contributed by atoms with E-state index in [9.17, 15) is 35.9 Å². The Balaban J connectivity index is 2.25. The van der Waals surface area contributed by atoms with Crippen LogP contribution in [0.5, 0.6) is 0 Å². The summed E-state index contributed by atoms with van der Waals surface area (Å²) in [4.78, 5) is 32.2. The molecule has 1 aliphatic heterocycles. The number of ether oxygens (including phenoxy) is 1. The summed E-state index contributed by atoms with van der Waals surface area (Å²) in [5.41, 5.74) is 0.700. The smallest absolute Gasteiger partial charge is 0.447 e. The first-order valence-electron chi connectivity index (χ1n) is 8.78. The molecule has 174 valence electrons. The van der Waals surface area contributed by atoms with Crippen LogP contribution < -0.4 is 5.73 Å². The van der Waals surface area contributed by atoms with Crippen molar-refractivity contribution in [2.45, 2.75) is 18.9 Å². The second-order valence-electron chi connectivity index (χ2n) is 6.69. The third kappa shape index (κ3) is 4.52. The van der Waals surface area contributed by atoms with Crippen molar-refractivity contribution in [1.29, 1.82) is 0 Å². The first kappa shape index (κ1) is 23.8. The molecule has 1 aliphatic rings. The molecule has 33 heavy (non-hydrogen) atoms. The topological polar surface area (TPSA) is 120 Å². The Morgan fingerprint density at radius 2 is 1.55 bits per heavy atom. The van der Waals surface area contributed by atoms with E-state index in [4.69, 9.17) is 5.73 Å². The number of esters is 1. The van der Waals surface area contributed by atoms with Gasteiger partial charge in [0.05, 0.1) is 23.8 Å². The molecule has 0 radical (unpaired) electrons. The van der Waals surface area contributed by atoms with Crippen LogP contribution in [0.2, 0.25) is 0 Å². The van der Waals surface area contributed by atoms with E-state index in [-0.39, 0.29) is 17.3 Å². The quantitative estimate of drug-likeness (QED) is 0.410. The van der Waals surface area contributed by atoms with Crippen LogP contribution in [0.3, 0.4) is 0 Å². The van der Waals surface area contributed by atoms with Crippen LogP contribution in [0, 0.1) is 0 Å². The number of hydrogen-bond donors (Lipinski definition) is 1. The second kappa shape index (κ2) is 8.23. The summed E-state index contributed by atoms with van der Waals surface area (Å²) >= 11 is 0. The van der Waals surface area contributed by atoms with E-state index in [1.807, 2.05) is 0 Å². The first-order valence-corrected chi connectivity index (χ1v) is 8.78. The van der Waals surface area contributed by atoms with Crippen molar-refractivity contribution >= 4 is 17.7 Å². The molecular weight excluding hydrogens is 462 g/mol. The van der Waals surface area contributed by atoms with Crippen molar-refractivity contribution in [3.05, 3.63) is 64.9 Å². The largest absolute Gasteiger partial charge is 0.464 e. The minimum atomic E-state index is -5.12. The fourth-order valence-corrected chi connectivity index (χ4v) is 3.11.